The number of hydrogen-bond donors (Lipinski definition) is 1. The van der Waals surface area contributed by atoms with Gasteiger partial charge in [-0.05, 0) is 51.1 Å². The SMILES string of the molecule is CCOc1ccc(C(=O)Nc2ccc3c(c2)OCCO3)cc1COC(C)C. The highest BCUT2D eigenvalue weighted by atomic mass is 16.6. The van der Waals surface area contributed by atoms with Gasteiger partial charge in [0, 0.05) is 22.9 Å². The second kappa shape index (κ2) is 8.77. The number of ether oxygens (including phenoxy) is 4. The Morgan fingerprint density at radius 2 is 1.89 bits per heavy atom. The van der Waals surface area contributed by atoms with Crippen LogP contribution in [0.4, 0.5) is 5.69 Å². The quantitative estimate of drug-likeness (QED) is 0.796. The van der Waals surface area contributed by atoms with Crippen LogP contribution in [-0.4, -0.2) is 31.8 Å². The lowest BCUT2D eigenvalue weighted by atomic mass is 10.1. The van der Waals surface area contributed by atoms with Crippen LogP contribution >= 0.6 is 0 Å². The fraction of sp³-hybridized carbons (Fsp3) is 0.381. The molecule has 1 aliphatic heterocycles. The standard InChI is InChI=1S/C21H25NO5/c1-4-24-18-7-5-15(11-16(18)13-27-14(2)3)21(23)22-17-6-8-19-20(12-17)26-10-9-25-19/h5-8,11-12,14H,4,9-10,13H2,1-3H3,(H,22,23). The van der Waals surface area contributed by atoms with E-state index in [0.29, 0.717) is 49.2 Å². The summed E-state index contributed by atoms with van der Waals surface area (Å²) < 4.78 is 22.4. The number of amides is 1. The third kappa shape index (κ3) is 4.92. The second-order valence-electron chi connectivity index (χ2n) is 6.43. The van der Waals surface area contributed by atoms with E-state index in [2.05, 4.69) is 5.32 Å². The molecule has 1 N–H and O–H groups in total. The molecule has 2 aromatic rings. The largest absolute Gasteiger partial charge is 0.494 e. The Bertz CT molecular complexity index is 803. The molecule has 0 unspecified atom stereocenters. The maximum Gasteiger partial charge on any atom is 0.255 e. The molecule has 6 nitrogen and oxygen atoms in total. The van der Waals surface area contributed by atoms with E-state index in [1.807, 2.05) is 20.8 Å². The van der Waals surface area contributed by atoms with Gasteiger partial charge in [0.2, 0.25) is 0 Å². The molecule has 0 spiro atoms. The first-order chi connectivity index (χ1) is 13.1. The number of hydrogen-bond acceptors (Lipinski definition) is 5. The summed E-state index contributed by atoms with van der Waals surface area (Å²) in [7, 11) is 0. The molecule has 0 atom stereocenters. The van der Waals surface area contributed by atoms with Crippen LogP contribution in [-0.2, 0) is 11.3 Å². The summed E-state index contributed by atoms with van der Waals surface area (Å²) in [4.78, 5) is 12.7. The third-order valence-corrected chi connectivity index (χ3v) is 3.99. The van der Waals surface area contributed by atoms with E-state index in [9.17, 15) is 4.79 Å². The third-order valence-electron chi connectivity index (χ3n) is 3.99. The van der Waals surface area contributed by atoms with Crippen molar-refractivity contribution in [3.63, 3.8) is 0 Å². The van der Waals surface area contributed by atoms with E-state index in [0.717, 1.165) is 11.3 Å². The van der Waals surface area contributed by atoms with Crippen LogP contribution in [0.3, 0.4) is 0 Å². The number of anilines is 1. The van der Waals surface area contributed by atoms with Gasteiger partial charge in [0.15, 0.2) is 11.5 Å². The topological polar surface area (TPSA) is 66.0 Å². The first-order valence-corrected chi connectivity index (χ1v) is 9.15. The molecule has 0 aliphatic carbocycles. The minimum atomic E-state index is -0.208. The molecule has 0 saturated carbocycles. The van der Waals surface area contributed by atoms with Crippen molar-refractivity contribution in [2.24, 2.45) is 0 Å². The fourth-order valence-electron chi connectivity index (χ4n) is 2.71. The lowest BCUT2D eigenvalue weighted by molar-refractivity contribution is 0.0641. The predicted octanol–water partition coefficient (Wildman–Crippen LogP) is 4.03. The van der Waals surface area contributed by atoms with Gasteiger partial charge in [0.05, 0.1) is 19.3 Å². The van der Waals surface area contributed by atoms with Crippen molar-refractivity contribution >= 4 is 11.6 Å². The van der Waals surface area contributed by atoms with Crippen molar-refractivity contribution in [3.8, 4) is 17.2 Å². The zero-order chi connectivity index (χ0) is 19.2. The second-order valence-corrected chi connectivity index (χ2v) is 6.43. The fourth-order valence-corrected chi connectivity index (χ4v) is 2.71. The molecule has 0 radical (unpaired) electrons. The lowest BCUT2D eigenvalue weighted by Gasteiger charge is -2.19. The number of benzene rings is 2. The minimum Gasteiger partial charge on any atom is -0.494 e. The van der Waals surface area contributed by atoms with Gasteiger partial charge in [-0.1, -0.05) is 0 Å². The summed E-state index contributed by atoms with van der Waals surface area (Å²) in [5.41, 5.74) is 2.04. The van der Waals surface area contributed by atoms with Crippen LogP contribution in [0.1, 0.15) is 36.7 Å². The molecule has 0 fully saturated rings. The molecule has 0 saturated heterocycles. The Kier molecular flexibility index (Phi) is 6.19. The maximum atomic E-state index is 12.7. The number of carbonyl (C=O) groups is 1. The highest BCUT2D eigenvalue weighted by molar-refractivity contribution is 6.04. The Hall–Kier alpha value is -2.73. The van der Waals surface area contributed by atoms with Gasteiger partial charge in [-0.3, -0.25) is 4.79 Å². The van der Waals surface area contributed by atoms with Gasteiger partial charge in [0.1, 0.15) is 19.0 Å². The zero-order valence-corrected chi connectivity index (χ0v) is 15.9. The first kappa shape index (κ1) is 19.0. The van der Waals surface area contributed by atoms with Gasteiger partial charge in [-0.25, -0.2) is 0 Å². The van der Waals surface area contributed by atoms with Gasteiger partial charge < -0.3 is 24.3 Å². The van der Waals surface area contributed by atoms with Crippen molar-refractivity contribution in [2.45, 2.75) is 33.5 Å². The summed E-state index contributed by atoms with van der Waals surface area (Å²) >= 11 is 0. The molecular formula is C21H25NO5. The van der Waals surface area contributed by atoms with Crippen LogP contribution in [0.25, 0.3) is 0 Å². The lowest BCUT2D eigenvalue weighted by Crippen LogP contribution is -2.16. The summed E-state index contributed by atoms with van der Waals surface area (Å²) in [6.07, 6.45) is 0.0923. The smallest absolute Gasteiger partial charge is 0.255 e. The summed E-state index contributed by atoms with van der Waals surface area (Å²) in [6.45, 7) is 7.84. The number of rotatable bonds is 7. The van der Waals surface area contributed by atoms with E-state index in [1.54, 1.807) is 36.4 Å². The average molecular weight is 371 g/mol. The summed E-state index contributed by atoms with van der Waals surface area (Å²) in [6, 6.07) is 10.7. The number of nitrogens with one attached hydrogen (secondary N) is 1. The van der Waals surface area contributed by atoms with Crippen LogP contribution in [0, 0.1) is 0 Å². The Balaban J connectivity index is 1.76. The zero-order valence-electron chi connectivity index (χ0n) is 15.9. The molecule has 1 aliphatic rings. The molecule has 0 aromatic heterocycles. The van der Waals surface area contributed by atoms with Crippen molar-refractivity contribution in [2.75, 3.05) is 25.1 Å². The highest BCUT2D eigenvalue weighted by Gasteiger charge is 2.15. The first-order valence-electron chi connectivity index (χ1n) is 9.15. The Morgan fingerprint density at radius 3 is 2.63 bits per heavy atom. The van der Waals surface area contributed by atoms with E-state index in [1.165, 1.54) is 0 Å². The van der Waals surface area contributed by atoms with Crippen LogP contribution in [0.5, 0.6) is 17.2 Å². The summed E-state index contributed by atoms with van der Waals surface area (Å²) in [5, 5.41) is 2.90. The van der Waals surface area contributed by atoms with E-state index in [-0.39, 0.29) is 12.0 Å². The number of carbonyl (C=O) groups excluding carboxylic acids is 1. The Morgan fingerprint density at radius 1 is 1.11 bits per heavy atom. The van der Waals surface area contributed by atoms with Crippen molar-refractivity contribution in [1.82, 2.24) is 0 Å². The van der Waals surface area contributed by atoms with E-state index in [4.69, 9.17) is 18.9 Å². The van der Waals surface area contributed by atoms with Crippen molar-refractivity contribution in [3.05, 3.63) is 47.5 Å². The maximum absolute atomic E-state index is 12.7. The van der Waals surface area contributed by atoms with Crippen LogP contribution in [0.15, 0.2) is 36.4 Å². The molecule has 6 heteroatoms. The normalized spacial score (nSPS) is 12.7. The van der Waals surface area contributed by atoms with Gasteiger partial charge in [-0.2, -0.15) is 0 Å². The summed E-state index contributed by atoms with van der Waals surface area (Å²) in [5.74, 6) is 1.85. The molecule has 144 valence electrons. The van der Waals surface area contributed by atoms with Crippen LogP contribution in [0.2, 0.25) is 0 Å². The van der Waals surface area contributed by atoms with Gasteiger partial charge in [0.25, 0.3) is 5.91 Å². The van der Waals surface area contributed by atoms with Gasteiger partial charge >= 0.3 is 0 Å². The van der Waals surface area contributed by atoms with Crippen molar-refractivity contribution < 1.29 is 23.7 Å². The highest BCUT2D eigenvalue weighted by Crippen LogP contribution is 2.32. The van der Waals surface area contributed by atoms with E-state index >= 15 is 0 Å². The Labute approximate surface area is 159 Å². The molecule has 3 rings (SSSR count). The number of fused-ring (bicyclic) bond motifs is 1. The molecule has 2 aromatic carbocycles. The van der Waals surface area contributed by atoms with E-state index < -0.39 is 0 Å². The van der Waals surface area contributed by atoms with Crippen molar-refractivity contribution in [1.29, 1.82) is 0 Å². The van der Waals surface area contributed by atoms with Crippen LogP contribution < -0.4 is 19.5 Å². The molecule has 0 bridgehead atoms. The monoisotopic (exact) mass is 371 g/mol. The minimum absolute atomic E-state index is 0.0923. The molecule has 1 heterocycles. The molecule has 1 amide bonds. The average Bonchev–Trinajstić information content (AvgIpc) is 2.67. The molecular weight excluding hydrogens is 346 g/mol. The predicted molar refractivity (Wildman–Crippen MR) is 103 cm³/mol. The van der Waals surface area contributed by atoms with Gasteiger partial charge in [-0.15, -0.1) is 0 Å². The molecule has 27 heavy (non-hydrogen) atoms.